The summed E-state index contributed by atoms with van der Waals surface area (Å²) >= 11 is 1.42. The van der Waals surface area contributed by atoms with Crippen LogP contribution in [0.25, 0.3) is 20.7 Å². The average Bonchev–Trinajstić information content (AvgIpc) is 2.54. The Hall–Kier alpha value is -2.53. The number of ether oxygens (including phenoxy) is 1. The molecule has 104 valence electrons. The van der Waals surface area contributed by atoms with Gasteiger partial charge in [-0.2, -0.15) is 4.98 Å². The number of hydrogen-bond acceptors (Lipinski definition) is 5. The van der Waals surface area contributed by atoms with Crippen molar-refractivity contribution in [1.29, 1.82) is 0 Å². The number of carbonyl (C=O) groups excluding carboxylic acids is 1. The molecule has 0 unspecified atom stereocenters. The van der Waals surface area contributed by atoms with Gasteiger partial charge in [0, 0.05) is 10.3 Å². The van der Waals surface area contributed by atoms with E-state index in [1.165, 1.54) is 18.4 Å². The number of nitrogens with zero attached hydrogens (tertiary/aromatic N) is 1. The van der Waals surface area contributed by atoms with E-state index in [1.54, 1.807) is 24.3 Å². The van der Waals surface area contributed by atoms with Crippen molar-refractivity contribution in [3.63, 3.8) is 0 Å². The van der Waals surface area contributed by atoms with Crippen LogP contribution in [0.4, 0.5) is 0 Å². The fourth-order valence-corrected chi connectivity index (χ4v) is 3.03. The van der Waals surface area contributed by atoms with Crippen molar-refractivity contribution in [2.24, 2.45) is 0 Å². The van der Waals surface area contributed by atoms with Crippen LogP contribution in [-0.2, 0) is 4.74 Å². The van der Waals surface area contributed by atoms with Crippen LogP contribution in [0.5, 0.6) is 0 Å². The zero-order valence-electron chi connectivity index (χ0n) is 11.2. The first-order valence-corrected chi connectivity index (χ1v) is 7.09. The van der Waals surface area contributed by atoms with E-state index >= 15 is 0 Å². The third kappa shape index (κ3) is 2.55. The van der Waals surface area contributed by atoms with E-state index in [9.17, 15) is 9.59 Å². The minimum atomic E-state index is -0.412. The van der Waals surface area contributed by atoms with Gasteiger partial charge in [0.15, 0.2) is 0 Å². The summed E-state index contributed by atoms with van der Waals surface area (Å²) in [5, 5.41) is 1.19. The molecule has 0 saturated carbocycles. The van der Waals surface area contributed by atoms with E-state index in [0.29, 0.717) is 16.0 Å². The summed E-state index contributed by atoms with van der Waals surface area (Å²) in [5.41, 5.74) is 0.901. The molecular weight excluding hydrogens is 286 g/mol. The molecule has 1 heterocycles. The Morgan fingerprint density at radius 2 is 1.95 bits per heavy atom. The second-order valence-electron chi connectivity index (χ2n) is 4.39. The zero-order chi connectivity index (χ0) is 14.8. The normalized spacial score (nSPS) is 10.5. The molecule has 0 aliphatic carbocycles. The van der Waals surface area contributed by atoms with Crippen LogP contribution >= 0.6 is 11.3 Å². The summed E-state index contributed by atoms with van der Waals surface area (Å²) in [6, 6.07) is 14.3. The maximum absolute atomic E-state index is 12.1. The standard InChI is InChI=1S/C16H11NO3S/c1-20-16(19)11-6-4-5-10(9-11)15-17-14(18)12-7-2-3-8-13(12)21-15/h2-9H,1H3. The van der Waals surface area contributed by atoms with Gasteiger partial charge in [-0.1, -0.05) is 24.3 Å². The third-order valence-electron chi connectivity index (χ3n) is 3.06. The number of carbonyl (C=O) groups is 1. The lowest BCUT2D eigenvalue weighted by molar-refractivity contribution is 0.0601. The first kappa shape index (κ1) is 13.5. The van der Waals surface area contributed by atoms with Crippen molar-refractivity contribution in [2.75, 3.05) is 7.11 Å². The number of methoxy groups -OCH3 is 1. The highest BCUT2D eigenvalue weighted by Gasteiger charge is 2.10. The Balaban J connectivity index is 2.17. The highest BCUT2D eigenvalue weighted by molar-refractivity contribution is 7.21. The molecule has 0 aliphatic rings. The number of benzene rings is 2. The minimum Gasteiger partial charge on any atom is -0.465 e. The number of aromatic nitrogens is 1. The van der Waals surface area contributed by atoms with Crippen LogP contribution in [0.2, 0.25) is 0 Å². The third-order valence-corrected chi connectivity index (χ3v) is 4.15. The predicted molar refractivity (Wildman–Crippen MR) is 82.7 cm³/mol. The van der Waals surface area contributed by atoms with Crippen molar-refractivity contribution in [1.82, 2.24) is 4.98 Å². The monoisotopic (exact) mass is 297 g/mol. The van der Waals surface area contributed by atoms with Gasteiger partial charge in [-0.3, -0.25) is 4.79 Å². The first-order valence-electron chi connectivity index (χ1n) is 6.27. The van der Waals surface area contributed by atoms with E-state index in [-0.39, 0.29) is 5.56 Å². The summed E-state index contributed by atoms with van der Waals surface area (Å²) in [6.07, 6.45) is 0. The fraction of sp³-hybridized carbons (Fsp3) is 0.0625. The summed E-state index contributed by atoms with van der Waals surface area (Å²) in [4.78, 5) is 27.7. The van der Waals surface area contributed by atoms with Gasteiger partial charge in [0.25, 0.3) is 5.56 Å². The molecule has 5 heteroatoms. The van der Waals surface area contributed by atoms with Crippen molar-refractivity contribution in [3.05, 3.63) is 64.4 Å². The van der Waals surface area contributed by atoms with Crippen LogP contribution in [-0.4, -0.2) is 18.1 Å². The summed E-state index contributed by atoms with van der Waals surface area (Å²) in [5.74, 6) is -0.412. The molecule has 0 amide bonds. The van der Waals surface area contributed by atoms with E-state index in [1.807, 2.05) is 24.3 Å². The van der Waals surface area contributed by atoms with Gasteiger partial charge in [-0.05, 0) is 24.3 Å². The molecule has 3 rings (SSSR count). The Bertz CT molecular complexity index is 886. The fourth-order valence-electron chi connectivity index (χ4n) is 2.03. The van der Waals surface area contributed by atoms with Crippen molar-refractivity contribution < 1.29 is 9.53 Å². The lowest BCUT2D eigenvalue weighted by Crippen LogP contribution is -2.06. The van der Waals surface area contributed by atoms with Crippen molar-refractivity contribution in [3.8, 4) is 10.6 Å². The van der Waals surface area contributed by atoms with Gasteiger partial charge in [-0.15, -0.1) is 11.3 Å². The second kappa shape index (κ2) is 5.46. The van der Waals surface area contributed by atoms with Gasteiger partial charge in [-0.25, -0.2) is 4.79 Å². The van der Waals surface area contributed by atoms with E-state index in [2.05, 4.69) is 4.98 Å². The van der Waals surface area contributed by atoms with Gasteiger partial charge in [0.1, 0.15) is 5.01 Å². The maximum Gasteiger partial charge on any atom is 0.337 e. The van der Waals surface area contributed by atoms with Crippen molar-refractivity contribution in [2.45, 2.75) is 0 Å². The number of hydrogen-bond donors (Lipinski definition) is 0. The van der Waals surface area contributed by atoms with Crippen LogP contribution in [0.1, 0.15) is 10.4 Å². The summed E-state index contributed by atoms with van der Waals surface area (Å²) in [6.45, 7) is 0. The molecule has 4 nitrogen and oxygen atoms in total. The molecule has 0 radical (unpaired) electrons. The largest absolute Gasteiger partial charge is 0.465 e. The number of fused-ring (bicyclic) bond motifs is 1. The van der Waals surface area contributed by atoms with Crippen LogP contribution in [0.3, 0.4) is 0 Å². The smallest absolute Gasteiger partial charge is 0.337 e. The molecule has 0 atom stereocenters. The molecule has 2 aromatic carbocycles. The number of esters is 1. The molecule has 0 saturated heterocycles. The van der Waals surface area contributed by atoms with Crippen LogP contribution < -0.4 is 5.56 Å². The summed E-state index contributed by atoms with van der Waals surface area (Å²) < 4.78 is 5.57. The lowest BCUT2D eigenvalue weighted by Gasteiger charge is -2.04. The Kier molecular flexibility index (Phi) is 3.50. The maximum atomic E-state index is 12.1. The van der Waals surface area contributed by atoms with Crippen LogP contribution in [0, 0.1) is 0 Å². The number of rotatable bonds is 2. The molecule has 0 bridgehead atoms. The molecule has 3 aromatic rings. The lowest BCUT2D eigenvalue weighted by atomic mass is 10.1. The summed E-state index contributed by atoms with van der Waals surface area (Å²) in [7, 11) is 1.33. The predicted octanol–water partition coefficient (Wildman–Crippen LogP) is 3.11. The van der Waals surface area contributed by atoms with E-state index in [0.717, 1.165) is 10.3 Å². The highest BCUT2D eigenvalue weighted by Crippen LogP contribution is 2.26. The van der Waals surface area contributed by atoms with Gasteiger partial charge in [0.2, 0.25) is 0 Å². The highest BCUT2D eigenvalue weighted by atomic mass is 32.1. The zero-order valence-corrected chi connectivity index (χ0v) is 12.0. The molecule has 0 N–H and O–H groups in total. The minimum absolute atomic E-state index is 0.261. The van der Waals surface area contributed by atoms with Gasteiger partial charge in [0.05, 0.1) is 18.1 Å². The topological polar surface area (TPSA) is 56.3 Å². The van der Waals surface area contributed by atoms with Crippen LogP contribution in [0.15, 0.2) is 53.3 Å². The quantitative estimate of drug-likeness (QED) is 0.682. The Labute approximate surface area is 124 Å². The molecule has 1 aromatic heterocycles. The first-order chi connectivity index (χ1) is 10.2. The van der Waals surface area contributed by atoms with Gasteiger partial charge >= 0.3 is 5.97 Å². The van der Waals surface area contributed by atoms with E-state index < -0.39 is 5.97 Å². The molecule has 0 spiro atoms. The Morgan fingerprint density at radius 3 is 2.76 bits per heavy atom. The SMILES string of the molecule is COC(=O)c1cccc(-c2nc(=O)c3ccccc3s2)c1. The molecule has 0 fully saturated rings. The molecule has 21 heavy (non-hydrogen) atoms. The molecule has 0 aliphatic heterocycles. The van der Waals surface area contributed by atoms with Crippen molar-refractivity contribution >= 4 is 27.4 Å². The average molecular weight is 297 g/mol. The Morgan fingerprint density at radius 1 is 1.14 bits per heavy atom. The van der Waals surface area contributed by atoms with E-state index in [4.69, 9.17) is 4.74 Å². The second-order valence-corrected chi connectivity index (χ2v) is 5.42. The van der Waals surface area contributed by atoms with Gasteiger partial charge < -0.3 is 4.74 Å². The molecular formula is C16H11NO3S.